The molecule has 1 aromatic rings. The summed E-state index contributed by atoms with van der Waals surface area (Å²) in [6.07, 6.45) is 0.579. The van der Waals surface area contributed by atoms with E-state index in [-0.39, 0.29) is 12.0 Å². The summed E-state index contributed by atoms with van der Waals surface area (Å²) in [7, 11) is 0. The van der Waals surface area contributed by atoms with Gasteiger partial charge in [-0.3, -0.25) is 9.63 Å². The van der Waals surface area contributed by atoms with Gasteiger partial charge < -0.3 is 5.11 Å². The highest BCUT2D eigenvalue weighted by atomic mass is 16.7. The molecule has 1 atom stereocenters. The topological polar surface area (TPSA) is 49.8 Å². The van der Waals surface area contributed by atoms with Crippen molar-refractivity contribution in [2.24, 2.45) is 0 Å². The average Bonchev–Trinajstić information content (AvgIpc) is 2.29. The SMILES string of the molecule is CC(C)(O)C1CCC(=O)N(c2ccccc2)O1. The Morgan fingerprint density at radius 2 is 2.00 bits per heavy atom. The third-order valence-corrected chi connectivity index (χ3v) is 2.86. The highest BCUT2D eigenvalue weighted by molar-refractivity contribution is 5.91. The van der Waals surface area contributed by atoms with Crippen LogP contribution in [-0.4, -0.2) is 22.7 Å². The number of carbonyl (C=O) groups excluding carboxylic acids is 1. The van der Waals surface area contributed by atoms with Crippen LogP contribution in [0.2, 0.25) is 0 Å². The van der Waals surface area contributed by atoms with Crippen molar-refractivity contribution in [3.05, 3.63) is 30.3 Å². The van der Waals surface area contributed by atoms with Gasteiger partial charge in [-0.2, -0.15) is 5.06 Å². The molecule has 1 unspecified atom stereocenters. The number of rotatable bonds is 2. The molecule has 1 N–H and O–H groups in total. The number of hydrogen-bond acceptors (Lipinski definition) is 3. The number of carbonyl (C=O) groups is 1. The molecular formula is C13H17NO3. The number of nitrogens with zero attached hydrogens (tertiary/aromatic N) is 1. The first kappa shape index (κ1) is 12.1. The second-order valence-electron chi connectivity index (χ2n) is 4.81. The van der Waals surface area contributed by atoms with Crippen LogP contribution in [0.3, 0.4) is 0 Å². The standard InChI is InChI=1S/C13H17NO3/c1-13(2,16)11-8-9-12(15)14(17-11)10-6-4-3-5-7-10/h3-7,11,16H,8-9H2,1-2H3. The first-order chi connectivity index (χ1) is 7.98. The molecule has 1 heterocycles. The fourth-order valence-corrected chi connectivity index (χ4v) is 1.85. The molecule has 1 fully saturated rings. The van der Waals surface area contributed by atoms with Crippen LogP contribution in [-0.2, 0) is 9.63 Å². The van der Waals surface area contributed by atoms with Crippen LogP contribution in [0, 0.1) is 0 Å². The lowest BCUT2D eigenvalue weighted by Crippen LogP contribution is -2.49. The number of hydroxylamine groups is 1. The molecule has 1 aromatic carbocycles. The van der Waals surface area contributed by atoms with Crippen LogP contribution >= 0.6 is 0 Å². The molecule has 1 amide bonds. The molecule has 0 spiro atoms. The van der Waals surface area contributed by atoms with Gasteiger partial charge in [0.15, 0.2) is 0 Å². The lowest BCUT2D eigenvalue weighted by molar-refractivity contribution is -0.151. The summed E-state index contributed by atoms with van der Waals surface area (Å²) < 4.78 is 0. The predicted molar refractivity (Wildman–Crippen MR) is 64.3 cm³/mol. The van der Waals surface area contributed by atoms with Crippen molar-refractivity contribution in [3.63, 3.8) is 0 Å². The second-order valence-corrected chi connectivity index (χ2v) is 4.81. The summed E-state index contributed by atoms with van der Waals surface area (Å²) in [4.78, 5) is 17.4. The highest BCUT2D eigenvalue weighted by Gasteiger charge is 2.36. The fraction of sp³-hybridized carbons (Fsp3) is 0.462. The highest BCUT2D eigenvalue weighted by Crippen LogP contribution is 2.27. The maximum absolute atomic E-state index is 11.8. The molecule has 17 heavy (non-hydrogen) atoms. The van der Waals surface area contributed by atoms with Crippen LogP contribution in [0.1, 0.15) is 26.7 Å². The Morgan fingerprint density at radius 3 is 2.59 bits per heavy atom. The van der Waals surface area contributed by atoms with Crippen molar-refractivity contribution < 1.29 is 14.7 Å². The van der Waals surface area contributed by atoms with Gasteiger partial charge in [-0.05, 0) is 32.4 Å². The summed E-state index contributed by atoms with van der Waals surface area (Å²) in [6, 6.07) is 9.19. The first-order valence-corrected chi connectivity index (χ1v) is 5.75. The quantitative estimate of drug-likeness (QED) is 0.851. The fourth-order valence-electron chi connectivity index (χ4n) is 1.85. The van der Waals surface area contributed by atoms with Gasteiger partial charge in [-0.25, -0.2) is 0 Å². The minimum absolute atomic E-state index is 0.0725. The molecule has 92 valence electrons. The molecule has 0 saturated carbocycles. The van der Waals surface area contributed by atoms with Crippen molar-refractivity contribution in [3.8, 4) is 0 Å². The molecule has 0 bridgehead atoms. The van der Waals surface area contributed by atoms with Gasteiger partial charge in [0.05, 0.1) is 11.3 Å². The molecule has 0 aromatic heterocycles. The summed E-state index contributed by atoms with van der Waals surface area (Å²) in [5, 5.41) is 11.2. The van der Waals surface area contributed by atoms with Crippen molar-refractivity contribution in [2.45, 2.75) is 38.4 Å². The Hall–Kier alpha value is -1.39. The Labute approximate surface area is 101 Å². The normalized spacial score (nSPS) is 21.7. The van der Waals surface area contributed by atoms with Gasteiger partial charge in [-0.1, -0.05) is 18.2 Å². The summed E-state index contributed by atoms with van der Waals surface area (Å²) in [5.41, 5.74) is -0.250. The monoisotopic (exact) mass is 235 g/mol. The van der Waals surface area contributed by atoms with Gasteiger partial charge >= 0.3 is 0 Å². The van der Waals surface area contributed by atoms with E-state index in [0.29, 0.717) is 18.5 Å². The molecule has 1 aliphatic rings. The smallest absolute Gasteiger partial charge is 0.250 e. The van der Waals surface area contributed by atoms with Crippen LogP contribution in [0.15, 0.2) is 30.3 Å². The van der Waals surface area contributed by atoms with E-state index in [1.54, 1.807) is 13.8 Å². The number of anilines is 1. The zero-order chi connectivity index (χ0) is 12.5. The maximum atomic E-state index is 11.8. The van der Waals surface area contributed by atoms with Crippen molar-refractivity contribution in [1.82, 2.24) is 0 Å². The molecule has 0 aliphatic carbocycles. The largest absolute Gasteiger partial charge is 0.388 e. The first-order valence-electron chi connectivity index (χ1n) is 5.75. The molecule has 4 nitrogen and oxygen atoms in total. The van der Waals surface area contributed by atoms with E-state index in [1.807, 2.05) is 30.3 Å². The predicted octanol–water partition coefficient (Wildman–Crippen LogP) is 1.88. The van der Waals surface area contributed by atoms with E-state index in [9.17, 15) is 9.90 Å². The number of benzene rings is 1. The van der Waals surface area contributed by atoms with E-state index in [1.165, 1.54) is 5.06 Å². The van der Waals surface area contributed by atoms with Gasteiger partial charge in [0.25, 0.3) is 5.91 Å². The van der Waals surface area contributed by atoms with Gasteiger partial charge in [0.2, 0.25) is 0 Å². The summed E-state index contributed by atoms with van der Waals surface area (Å²) in [5.74, 6) is -0.0725. The number of aliphatic hydroxyl groups is 1. The minimum Gasteiger partial charge on any atom is -0.388 e. The lowest BCUT2D eigenvalue weighted by atomic mass is 9.96. The van der Waals surface area contributed by atoms with E-state index < -0.39 is 5.60 Å². The van der Waals surface area contributed by atoms with E-state index in [4.69, 9.17) is 4.84 Å². The Kier molecular flexibility index (Phi) is 3.17. The Morgan fingerprint density at radius 1 is 1.35 bits per heavy atom. The van der Waals surface area contributed by atoms with Crippen molar-refractivity contribution in [1.29, 1.82) is 0 Å². The third-order valence-electron chi connectivity index (χ3n) is 2.86. The van der Waals surface area contributed by atoms with Gasteiger partial charge in [-0.15, -0.1) is 0 Å². The maximum Gasteiger partial charge on any atom is 0.250 e. The van der Waals surface area contributed by atoms with E-state index in [2.05, 4.69) is 0 Å². The molecule has 2 rings (SSSR count). The number of amides is 1. The van der Waals surface area contributed by atoms with Crippen molar-refractivity contribution in [2.75, 3.05) is 5.06 Å². The molecule has 1 aliphatic heterocycles. The molecule has 4 heteroatoms. The van der Waals surface area contributed by atoms with E-state index >= 15 is 0 Å². The van der Waals surface area contributed by atoms with Crippen LogP contribution in [0.4, 0.5) is 5.69 Å². The summed E-state index contributed by atoms with van der Waals surface area (Å²) in [6.45, 7) is 3.38. The lowest BCUT2D eigenvalue weighted by Gasteiger charge is -2.37. The summed E-state index contributed by atoms with van der Waals surface area (Å²) >= 11 is 0. The zero-order valence-corrected chi connectivity index (χ0v) is 10.1. The third kappa shape index (κ3) is 2.65. The Bertz CT molecular complexity index is 397. The second kappa shape index (κ2) is 4.47. The molecule has 1 saturated heterocycles. The minimum atomic E-state index is -0.951. The van der Waals surface area contributed by atoms with Crippen molar-refractivity contribution >= 4 is 11.6 Å². The molecule has 0 radical (unpaired) electrons. The van der Waals surface area contributed by atoms with Crippen LogP contribution in [0.25, 0.3) is 0 Å². The van der Waals surface area contributed by atoms with Gasteiger partial charge in [0, 0.05) is 6.42 Å². The Balaban J connectivity index is 2.19. The van der Waals surface area contributed by atoms with Crippen LogP contribution < -0.4 is 5.06 Å². The number of para-hydroxylation sites is 1. The van der Waals surface area contributed by atoms with Crippen LogP contribution in [0.5, 0.6) is 0 Å². The number of hydrogen-bond donors (Lipinski definition) is 1. The van der Waals surface area contributed by atoms with Gasteiger partial charge in [0.1, 0.15) is 6.10 Å². The average molecular weight is 235 g/mol. The van der Waals surface area contributed by atoms with E-state index in [0.717, 1.165) is 0 Å². The zero-order valence-electron chi connectivity index (χ0n) is 10.1. The molecular weight excluding hydrogens is 218 g/mol.